The van der Waals surface area contributed by atoms with Crippen LogP contribution in [0.15, 0.2) is 18.2 Å². The van der Waals surface area contributed by atoms with Crippen LogP contribution in [-0.2, 0) is 6.18 Å². The summed E-state index contributed by atoms with van der Waals surface area (Å²) in [6.07, 6.45) is -4.42. The Hall–Kier alpha value is -1.10. The van der Waals surface area contributed by atoms with Gasteiger partial charge < -0.3 is 5.73 Å². The second-order valence-corrected chi connectivity index (χ2v) is 3.28. The molecule has 0 aliphatic carbocycles. The van der Waals surface area contributed by atoms with E-state index in [1.54, 1.807) is 0 Å². The molecule has 1 aromatic carbocycles. The van der Waals surface area contributed by atoms with Gasteiger partial charge in [-0.25, -0.2) is 4.39 Å². The third-order valence-corrected chi connectivity index (χ3v) is 2.25. The van der Waals surface area contributed by atoms with Gasteiger partial charge in [0.2, 0.25) is 0 Å². The number of hydrogen-bond acceptors (Lipinski definition) is 1. The molecule has 0 spiro atoms. The van der Waals surface area contributed by atoms with Crippen molar-refractivity contribution in [2.24, 2.45) is 5.73 Å². The molecule has 0 heterocycles. The Labute approximate surface area is 84.9 Å². The molecule has 0 bridgehead atoms. The first-order chi connectivity index (χ1) is 6.88. The van der Waals surface area contributed by atoms with Crippen molar-refractivity contribution in [1.82, 2.24) is 0 Å². The van der Waals surface area contributed by atoms with E-state index in [0.29, 0.717) is 0 Å². The molecule has 15 heavy (non-hydrogen) atoms. The van der Waals surface area contributed by atoms with Gasteiger partial charge in [-0.15, -0.1) is 0 Å². The predicted octanol–water partition coefficient (Wildman–Crippen LogP) is 2.98. The van der Waals surface area contributed by atoms with E-state index < -0.39 is 24.5 Å². The molecule has 0 unspecified atom stereocenters. The third kappa shape index (κ3) is 2.47. The highest BCUT2D eigenvalue weighted by Gasteiger charge is 2.33. The molecule has 1 nitrogen and oxygen atoms in total. The van der Waals surface area contributed by atoms with Crippen LogP contribution in [-0.4, -0.2) is 6.67 Å². The Kier molecular flexibility index (Phi) is 3.34. The van der Waals surface area contributed by atoms with Gasteiger partial charge in [0, 0.05) is 0 Å². The fraction of sp³-hybridized carbons (Fsp3) is 0.400. The molecule has 1 atom stereocenters. The van der Waals surface area contributed by atoms with Gasteiger partial charge in [-0.3, -0.25) is 0 Å². The first kappa shape index (κ1) is 12.0. The van der Waals surface area contributed by atoms with Crippen LogP contribution in [0.3, 0.4) is 0 Å². The van der Waals surface area contributed by atoms with Gasteiger partial charge in [0.15, 0.2) is 0 Å². The van der Waals surface area contributed by atoms with E-state index >= 15 is 0 Å². The van der Waals surface area contributed by atoms with Crippen molar-refractivity contribution in [2.75, 3.05) is 6.67 Å². The summed E-state index contributed by atoms with van der Waals surface area (Å²) in [5, 5.41) is 0. The van der Waals surface area contributed by atoms with Crippen molar-refractivity contribution in [1.29, 1.82) is 0 Å². The molecule has 0 aromatic heterocycles. The minimum atomic E-state index is -4.42. The van der Waals surface area contributed by atoms with E-state index in [-0.39, 0.29) is 11.1 Å². The molecule has 0 amide bonds. The second-order valence-electron chi connectivity index (χ2n) is 3.28. The number of rotatable bonds is 2. The van der Waals surface area contributed by atoms with Gasteiger partial charge in [0.1, 0.15) is 6.67 Å². The van der Waals surface area contributed by atoms with Gasteiger partial charge in [0.05, 0.1) is 11.6 Å². The highest BCUT2D eigenvalue weighted by Crippen LogP contribution is 2.34. The van der Waals surface area contributed by atoms with Crippen LogP contribution in [0.25, 0.3) is 0 Å². The summed E-state index contributed by atoms with van der Waals surface area (Å²) in [5.41, 5.74) is 4.80. The third-order valence-electron chi connectivity index (χ3n) is 2.25. The summed E-state index contributed by atoms with van der Waals surface area (Å²) in [7, 11) is 0. The number of halogens is 4. The molecular weight excluding hydrogens is 210 g/mol. The molecule has 0 saturated carbocycles. The lowest BCUT2D eigenvalue weighted by atomic mass is 9.97. The van der Waals surface area contributed by atoms with Gasteiger partial charge in [-0.1, -0.05) is 12.1 Å². The molecule has 1 rings (SSSR count). The van der Waals surface area contributed by atoms with Crippen LogP contribution in [0.4, 0.5) is 17.6 Å². The molecule has 0 fully saturated rings. The molecule has 0 saturated heterocycles. The highest BCUT2D eigenvalue weighted by atomic mass is 19.4. The summed E-state index contributed by atoms with van der Waals surface area (Å²) < 4.78 is 49.7. The minimum absolute atomic E-state index is 0.00449. The summed E-state index contributed by atoms with van der Waals surface area (Å²) >= 11 is 0. The van der Waals surface area contributed by atoms with Gasteiger partial charge in [-0.05, 0) is 24.1 Å². The van der Waals surface area contributed by atoms with E-state index in [1.165, 1.54) is 19.1 Å². The lowest BCUT2D eigenvalue weighted by Crippen LogP contribution is -2.16. The van der Waals surface area contributed by atoms with Crippen LogP contribution in [0.5, 0.6) is 0 Å². The van der Waals surface area contributed by atoms with Crippen molar-refractivity contribution in [3.05, 3.63) is 34.9 Å². The fourth-order valence-electron chi connectivity index (χ4n) is 1.45. The fourth-order valence-corrected chi connectivity index (χ4v) is 1.45. The highest BCUT2D eigenvalue weighted by molar-refractivity contribution is 5.37. The van der Waals surface area contributed by atoms with E-state index in [2.05, 4.69) is 0 Å². The zero-order chi connectivity index (χ0) is 11.6. The normalized spacial score (nSPS) is 14.0. The maximum atomic E-state index is 12.5. The first-order valence-corrected chi connectivity index (χ1v) is 4.36. The topological polar surface area (TPSA) is 26.0 Å². The van der Waals surface area contributed by atoms with E-state index in [4.69, 9.17) is 5.73 Å². The van der Waals surface area contributed by atoms with Crippen molar-refractivity contribution in [3.8, 4) is 0 Å². The SMILES string of the molecule is Cc1c([C@H](N)CF)cccc1C(F)(F)F. The van der Waals surface area contributed by atoms with Gasteiger partial charge in [0.25, 0.3) is 0 Å². The molecule has 0 aliphatic rings. The Morgan fingerprint density at radius 2 is 1.93 bits per heavy atom. The van der Waals surface area contributed by atoms with Crippen molar-refractivity contribution in [3.63, 3.8) is 0 Å². The molecule has 1 aromatic rings. The zero-order valence-electron chi connectivity index (χ0n) is 8.11. The molecular formula is C10H11F4N. The average molecular weight is 221 g/mol. The largest absolute Gasteiger partial charge is 0.416 e. The van der Waals surface area contributed by atoms with E-state index in [0.717, 1.165) is 6.07 Å². The maximum absolute atomic E-state index is 12.5. The average Bonchev–Trinajstić information content (AvgIpc) is 2.15. The standard InChI is InChI=1S/C10H11F4N/c1-6-7(9(15)5-11)3-2-4-8(6)10(12,13)14/h2-4,9H,5,15H2,1H3/t9-/m1/s1. The molecule has 2 N–H and O–H groups in total. The Balaban J connectivity index is 3.23. The van der Waals surface area contributed by atoms with Crippen molar-refractivity contribution >= 4 is 0 Å². The van der Waals surface area contributed by atoms with Gasteiger partial charge in [-0.2, -0.15) is 13.2 Å². The molecule has 0 aliphatic heterocycles. The van der Waals surface area contributed by atoms with Gasteiger partial charge >= 0.3 is 6.18 Å². The quantitative estimate of drug-likeness (QED) is 0.763. The second kappa shape index (κ2) is 4.18. The maximum Gasteiger partial charge on any atom is 0.416 e. The van der Waals surface area contributed by atoms with Crippen LogP contribution in [0.2, 0.25) is 0 Å². The van der Waals surface area contributed by atoms with Crippen LogP contribution in [0, 0.1) is 6.92 Å². The van der Waals surface area contributed by atoms with Crippen molar-refractivity contribution in [2.45, 2.75) is 19.1 Å². The summed E-state index contributed by atoms with van der Waals surface area (Å²) in [5.74, 6) is 0. The number of nitrogens with two attached hydrogens (primary N) is 1. The first-order valence-electron chi connectivity index (χ1n) is 4.36. The smallest absolute Gasteiger partial charge is 0.322 e. The Morgan fingerprint density at radius 3 is 2.40 bits per heavy atom. The van der Waals surface area contributed by atoms with Crippen LogP contribution < -0.4 is 5.73 Å². The summed E-state index contributed by atoms with van der Waals surface area (Å²) in [6, 6.07) is 2.62. The minimum Gasteiger partial charge on any atom is -0.322 e. The van der Waals surface area contributed by atoms with Crippen LogP contribution >= 0.6 is 0 Å². The lowest BCUT2D eigenvalue weighted by Gasteiger charge is -2.16. The number of benzene rings is 1. The van der Waals surface area contributed by atoms with Crippen LogP contribution in [0.1, 0.15) is 22.7 Å². The summed E-state index contributed by atoms with van der Waals surface area (Å²) in [4.78, 5) is 0. The lowest BCUT2D eigenvalue weighted by molar-refractivity contribution is -0.138. The zero-order valence-corrected chi connectivity index (χ0v) is 8.11. The monoisotopic (exact) mass is 221 g/mol. The number of alkyl halides is 4. The molecule has 84 valence electrons. The molecule has 5 heteroatoms. The van der Waals surface area contributed by atoms with E-state index in [1.807, 2.05) is 0 Å². The molecule has 0 radical (unpaired) electrons. The Bertz CT molecular complexity index is 346. The Morgan fingerprint density at radius 1 is 1.33 bits per heavy atom. The summed E-state index contributed by atoms with van der Waals surface area (Å²) in [6.45, 7) is 0.426. The number of hydrogen-bond donors (Lipinski definition) is 1. The van der Waals surface area contributed by atoms with Crippen molar-refractivity contribution < 1.29 is 17.6 Å². The van der Waals surface area contributed by atoms with E-state index in [9.17, 15) is 17.6 Å². The predicted molar refractivity (Wildman–Crippen MR) is 49.1 cm³/mol.